The van der Waals surface area contributed by atoms with Crippen molar-refractivity contribution in [3.05, 3.63) is 52.7 Å². The van der Waals surface area contributed by atoms with E-state index >= 15 is 0 Å². The van der Waals surface area contributed by atoms with Gasteiger partial charge in [-0.3, -0.25) is 0 Å². The number of fused-ring (bicyclic) bond motifs is 4. The molecule has 24 heavy (non-hydrogen) atoms. The summed E-state index contributed by atoms with van der Waals surface area (Å²) in [5.74, 6) is 2.30. The Morgan fingerprint density at radius 3 is 2.96 bits per heavy atom. The number of hydrogen-bond acceptors (Lipinski definition) is 5. The molecular weight excluding hydrogens is 318 g/mol. The Bertz CT molecular complexity index is 1060. The fourth-order valence-electron chi connectivity index (χ4n) is 3.69. The summed E-state index contributed by atoms with van der Waals surface area (Å²) in [4.78, 5) is 7.30. The van der Waals surface area contributed by atoms with Crippen molar-refractivity contribution in [2.45, 2.75) is 26.3 Å². The second-order valence-corrected chi connectivity index (χ2v) is 7.35. The molecule has 0 spiro atoms. The van der Waals surface area contributed by atoms with Gasteiger partial charge in [-0.2, -0.15) is 0 Å². The molecule has 6 heteroatoms. The van der Waals surface area contributed by atoms with Gasteiger partial charge in [-0.05, 0) is 35.4 Å². The molecule has 0 N–H and O–H groups in total. The monoisotopic (exact) mass is 335 g/mol. The van der Waals surface area contributed by atoms with E-state index in [2.05, 4.69) is 62.1 Å². The molecule has 5 rings (SSSR count). The van der Waals surface area contributed by atoms with Crippen molar-refractivity contribution < 1.29 is 0 Å². The zero-order valence-electron chi connectivity index (χ0n) is 13.6. The normalized spacial score (nSPS) is 17.6. The topological polar surface area (TPSA) is 46.3 Å². The molecule has 4 heterocycles. The maximum absolute atomic E-state index is 4.95. The second kappa shape index (κ2) is 5.01. The van der Waals surface area contributed by atoms with Crippen LogP contribution in [0.5, 0.6) is 0 Å². The lowest BCUT2D eigenvalue weighted by atomic mass is 9.91. The van der Waals surface area contributed by atoms with Crippen molar-refractivity contribution in [1.29, 1.82) is 0 Å². The van der Waals surface area contributed by atoms with Crippen LogP contribution >= 0.6 is 11.3 Å². The number of benzene rings is 1. The lowest BCUT2D eigenvalue weighted by molar-refractivity contribution is 0.622. The number of rotatable bonds is 1. The Hall–Kier alpha value is -2.47. The van der Waals surface area contributed by atoms with E-state index in [9.17, 15) is 0 Å². The highest BCUT2D eigenvalue weighted by Gasteiger charge is 2.26. The van der Waals surface area contributed by atoms with E-state index < -0.39 is 0 Å². The molecule has 0 amide bonds. The molecule has 0 aliphatic carbocycles. The van der Waals surface area contributed by atoms with Crippen molar-refractivity contribution in [3.8, 4) is 0 Å². The van der Waals surface area contributed by atoms with Gasteiger partial charge in [-0.15, -0.1) is 21.5 Å². The number of thiophene rings is 1. The van der Waals surface area contributed by atoms with Gasteiger partial charge < -0.3 is 4.90 Å². The Labute approximate surface area is 143 Å². The molecule has 120 valence electrons. The van der Waals surface area contributed by atoms with Crippen molar-refractivity contribution in [3.63, 3.8) is 0 Å². The Balaban J connectivity index is 1.73. The summed E-state index contributed by atoms with van der Waals surface area (Å²) < 4.78 is 3.20. The predicted molar refractivity (Wildman–Crippen MR) is 96.8 cm³/mol. The second-order valence-electron chi connectivity index (χ2n) is 6.43. The summed E-state index contributed by atoms with van der Waals surface area (Å²) in [6, 6.07) is 10.8. The molecule has 0 bridgehead atoms. The largest absolute Gasteiger partial charge is 0.337 e. The van der Waals surface area contributed by atoms with Gasteiger partial charge in [-0.1, -0.05) is 31.2 Å². The van der Waals surface area contributed by atoms with Crippen molar-refractivity contribution in [1.82, 2.24) is 19.6 Å². The van der Waals surface area contributed by atoms with Gasteiger partial charge in [0.1, 0.15) is 5.82 Å². The van der Waals surface area contributed by atoms with E-state index in [4.69, 9.17) is 4.98 Å². The zero-order valence-corrected chi connectivity index (χ0v) is 14.4. The standard InChI is InChI=1S/C18H17N5S/c1-11-9-22(10-13-5-3-4-6-14(11)13)18-19-15-7-8-24-16(15)17-21-20-12(2)23(17)18/h3-8,11H,9-10H2,1-2H3/t11-/m0/s1. The predicted octanol–water partition coefficient (Wildman–Crippen LogP) is 3.77. The number of anilines is 1. The average molecular weight is 335 g/mol. The lowest BCUT2D eigenvalue weighted by Gasteiger charge is -2.34. The maximum Gasteiger partial charge on any atom is 0.213 e. The molecule has 0 fully saturated rings. The summed E-state index contributed by atoms with van der Waals surface area (Å²) in [5.41, 5.74) is 4.74. The first-order chi connectivity index (χ1) is 11.7. The van der Waals surface area contributed by atoms with Gasteiger partial charge >= 0.3 is 0 Å². The van der Waals surface area contributed by atoms with Gasteiger partial charge in [0.15, 0.2) is 5.65 Å². The molecule has 0 saturated carbocycles. The molecule has 1 aromatic carbocycles. The van der Waals surface area contributed by atoms with Crippen molar-refractivity contribution in [2.24, 2.45) is 0 Å². The fraction of sp³-hybridized carbons (Fsp3) is 0.278. The van der Waals surface area contributed by atoms with Gasteiger partial charge in [0.05, 0.1) is 10.2 Å². The third-order valence-corrected chi connectivity index (χ3v) is 5.72. The van der Waals surface area contributed by atoms with Crippen LogP contribution in [0.3, 0.4) is 0 Å². The molecule has 5 nitrogen and oxygen atoms in total. The number of aromatic nitrogens is 4. The summed E-state index contributed by atoms with van der Waals surface area (Å²) in [7, 11) is 0. The molecule has 3 aromatic heterocycles. The first-order valence-electron chi connectivity index (χ1n) is 8.14. The zero-order chi connectivity index (χ0) is 16.3. The molecule has 0 unspecified atom stereocenters. The van der Waals surface area contributed by atoms with Crippen LogP contribution in [0.25, 0.3) is 15.9 Å². The van der Waals surface area contributed by atoms with Gasteiger partial charge in [0.25, 0.3) is 0 Å². The van der Waals surface area contributed by atoms with E-state index in [1.165, 1.54) is 11.1 Å². The van der Waals surface area contributed by atoms with E-state index in [1.807, 2.05) is 6.92 Å². The van der Waals surface area contributed by atoms with Gasteiger partial charge in [0, 0.05) is 13.1 Å². The van der Waals surface area contributed by atoms with Crippen LogP contribution in [0.4, 0.5) is 5.95 Å². The van der Waals surface area contributed by atoms with Gasteiger partial charge in [0.2, 0.25) is 5.95 Å². The van der Waals surface area contributed by atoms with E-state index in [0.29, 0.717) is 5.92 Å². The molecular formula is C18H17N5S. The van der Waals surface area contributed by atoms with Crippen LogP contribution in [0.1, 0.15) is 29.8 Å². The minimum atomic E-state index is 0.474. The first kappa shape index (κ1) is 13.9. The fourth-order valence-corrected chi connectivity index (χ4v) is 4.49. The third-order valence-electron chi connectivity index (χ3n) is 4.82. The summed E-state index contributed by atoms with van der Waals surface area (Å²) in [5, 5.41) is 10.8. The SMILES string of the molecule is Cc1nnc2c3sccc3nc(N3Cc4ccccc4[C@@H](C)C3)n12. The first-order valence-corrected chi connectivity index (χ1v) is 9.02. The molecule has 0 radical (unpaired) electrons. The molecule has 1 atom stereocenters. The minimum Gasteiger partial charge on any atom is -0.337 e. The van der Waals surface area contributed by atoms with Crippen LogP contribution < -0.4 is 4.90 Å². The van der Waals surface area contributed by atoms with Crippen LogP contribution in [-0.2, 0) is 6.54 Å². The summed E-state index contributed by atoms with van der Waals surface area (Å²) in [6.45, 7) is 6.10. The van der Waals surface area contributed by atoms with Gasteiger partial charge in [-0.25, -0.2) is 9.38 Å². The molecule has 0 saturated heterocycles. The maximum atomic E-state index is 4.95. The third kappa shape index (κ3) is 1.89. The Kier molecular flexibility index (Phi) is 2.91. The highest BCUT2D eigenvalue weighted by atomic mass is 32.1. The molecule has 4 aromatic rings. The molecule has 1 aliphatic heterocycles. The highest BCUT2D eigenvalue weighted by Crippen LogP contribution is 2.33. The smallest absolute Gasteiger partial charge is 0.213 e. The summed E-state index contributed by atoms with van der Waals surface area (Å²) >= 11 is 1.67. The van der Waals surface area contributed by atoms with Crippen LogP contribution in [0.15, 0.2) is 35.7 Å². The highest BCUT2D eigenvalue weighted by molar-refractivity contribution is 7.17. The Morgan fingerprint density at radius 2 is 2.04 bits per heavy atom. The van der Waals surface area contributed by atoms with E-state index in [1.54, 1.807) is 11.3 Å². The van der Waals surface area contributed by atoms with Crippen molar-refractivity contribution >= 4 is 33.1 Å². The number of nitrogens with zero attached hydrogens (tertiary/aromatic N) is 5. The molecule has 1 aliphatic rings. The van der Waals surface area contributed by atoms with E-state index in [0.717, 1.165) is 40.7 Å². The van der Waals surface area contributed by atoms with Crippen LogP contribution in [0.2, 0.25) is 0 Å². The minimum absolute atomic E-state index is 0.474. The quantitative estimate of drug-likeness (QED) is 0.531. The lowest BCUT2D eigenvalue weighted by Crippen LogP contribution is -2.34. The van der Waals surface area contributed by atoms with Crippen LogP contribution in [-0.4, -0.2) is 26.1 Å². The Morgan fingerprint density at radius 1 is 1.17 bits per heavy atom. The van der Waals surface area contributed by atoms with E-state index in [-0.39, 0.29) is 0 Å². The summed E-state index contributed by atoms with van der Waals surface area (Å²) in [6.07, 6.45) is 0. The van der Waals surface area contributed by atoms with Crippen molar-refractivity contribution in [2.75, 3.05) is 11.4 Å². The number of hydrogen-bond donors (Lipinski definition) is 0. The average Bonchev–Trinajstić information content (AvgIpc) is 3.21. The van der Waals surface area contributed by atoms with Crippen LogP contribution in [0, 0.1) is 6.92 Å². The number of aryl methyl sites for hydroxylation is 1.